The van der Waals surface area contributed by atoms with Gasteiger partial charge in [0.15, 0.2) is 0 Å². The molecule has 98 valence electrons. The molecule has 2 aromatic rings. The Morgan fingerprint density at radius 1 is 1.42 bits per heavy atom. The number of rotatable bonds is 2. The summed E-state index contributed by atoms with van der Waals surface area (Å²) < 4.78 is 12.4. The molecule has 0 unspecified atom stereocenters. The van der Waals surface area contributed by atoms with Gasteiger partial charge in [-0.15, -0.1) is 0 Å². The molecule has 0 aromatic carbocycles. The third kappa shape index (κ3) is 1.98. The van der Waals surface area contributed by atoms with E-state index in [1.165, 1.54) is 0 Å². The van der Waals surface area contributed by atoms with Crippen molar-refractivity contribution in [3.63, 3.8) is 0 Å². The third-order valence-corrected chi connectivity index (χ3v) is 3.28. The monoisotopic (exact) mass is 258 g/mol. The topological polar surface area (TPSA) is 62.8 Å². The van der Waals surface area contributed by atoms with Crippen LogP contribution in [-0.4, -0.2) is 43.0 Å². The van der Waals surface area contributed by atoms with Crippen molar-refractivity contribution in [3.05, 3.63) is 24.0 Å². The molecule has 6 nitrogen and oxygen atoms in total. The van der Waals surface area contributed by atoms with Crippen LogP contribution in [0.25, 0.3) is 5.52 Å². The summed E-state index contributed by atoms with van der Waals surface area (Å²) in [5.41, 5.74) is 2.26. The Hall–Kier alpha value is -2.26. The molecule has 0 N–H and O–H groups in total. The summed E-state index contributed by atoms with van der Waals surface area (Å²) in [5.74, 6) is 0.665. The molecule has 0 radical (unpaired) electrons. The van der Waals surface area contributed by atoms with Crippen molar-refractivity contribution < 1.29 is 9.47 Å². The molecule has 0 bridgehead atoms. The van der Waals surface area contributed by atoms with Gasteiger partial charge in [0.25, 0.3) is 0 Å². The number of morpholine rings is 1. The minimum absolute atomic E-state index is 0.519. The summed E-state index contributed by atoms with van der Waals surface area (Å²) in [6, 6.07) is 4.07. The minimum atomic E-state index is 0.519. The highest BCUT2D eigenvalue weighted by Gasteiger charge is 2.16. The number of ether oxygens (including phenoxy) is 2. The van der Waals surface area contributed by atoms with Crippen LogP contribution in [0.15, 0.2) is 18.5 Å². The summed E-state index contributed by atoms with van der Waals surface area (Å²) in [4.78, 5) is 2.22. The molecule has 0 saturated carbocycles. The van der Waals surface area contributed by atoms with Crippen molar-refractivity contribution in [2.24, 2.45) is 0 Å². The van der Waals surface area contributed by atoms with Crippen LogP contribution in [0.1, 0.15) is 5.56 Å². The van der Waals surface area contributed by atoms with E-state index in [0.29, 0.717) is 16.8 Å². The smallest absolute Gasteiger partial charge is 0.148 e. The zero-order valence-corrected chi connectivity index (χ0v) is 10.7. The summed E-state index contributed by atoms with van der Waals surface area (Å²) in [6.07, 6.45) is 3.48. The highest BCUT2D eigenvalue weighted by molar-refractivity contribution is 5.72. The van der Waals surface area contributed by atoms with Crippen LogP contribution in [0.2, 0.25) is 0 Å². The van der Waals surface area contributed by atoms with E-state index in [4.69, 9.17) is 14.7 Å². The summed E-state index contributed by atoms with van der Waals surface area (Å²) >= 11 is 0. The second-order valence-corrected chi connectivity index (χ2v) is 4.33. The Morgan fingerprint density at radius 3 is 2.89 bits per heavy atom. The standard InChI is InChI=1S/C13H14N4O2/c1-18-12-6-11(16-2-4-19-5-3-16)9-17-13(12)10(7-14)8-15-17/h6,8-9H,2-5H2,1H3. The number of anilines is 1. The lowest BCUT2D eigenvalue weighted by molar-refractivity contribution is 0.122. The number of hydrogen-bond acceptors (Lipinski definition) is 5. The van der Waals surface area contributed by atoms with Gasteiger partial charge >= 0.3 is 0 Å². The van der Waals surface area contributed by atoms with Gasteiger partial charge in [-0.2, -0.15) is 10.4 Å². The molecule has 0 amide bonds. The first-order valence-corrected chi connectivity index (χ1v) is 6.11. The van der Waals surface area contributed by atoms with E-state index in [2.05, 4.69) is 16.1 Å². The molecule has 1 aliphatic rings. The molecule has 2 aromatic heterocycles. The summed E-state index contributed by atoms with van der Waals surface area (Å²) in [5, 5.41) is 13.3. The fourth-order valence-corrected chi connectivity index (χ4v) is 2.30. The molecule has 6 heteroatoms. The maximum atomic E-state index is 9.08. The predicted octanol–water partition coefficient (Wildman–Crippen LogP) is 1.05. The third-order valence-electron chi connectivity index (χ3n) is 3.28. The van der Waals surface area contributed by atoms with Gasteiger partial charge in [-0.05, 0) is 0 Å². The first-order valence-electron chi connectivity index (χ1n) is 6.11. The lowest BCUT2D eigenvalue weighted by Crippen LogP contribution is -2.36. The van der Waals surface area contributed by atoms with Crippen molar-refractivity contribution in [2.75, 3.05) is 38.3 Å². The lowest BCUT2D eigenvalue weighted by Gasteiger charge is -2.29. The molecule has 3 rings (SSSR count). The fraction of sp³-hybridized carbons (Fsp3) is 0.385. The first-order chi connectivity index (χ1) is 9.33. The van der Waals surface area contributed by atoms with Crippen LogP contribution in [0, 0.1) is 11.3 Å². The van der Waals surface area contributed by atoms with Gasteiger partial charge in [0.05, 0.1) is 38.4 Å². The maximum Gasteiger partial charge on any atom is 0.148 e. The van der Waals surface area contributed by atoms with Crippen LogP contribution < -0.4 is 9.64 Å². The van der Waals surface area contributed by atoms with E-state index >= 15 is 0 Å². The number of nitrogens with zero attached hydrogens (tertiary/aromatic N) is 4. The molecule has 1 fully saturated rings. The van der Waals surface area contributed by atoms with Crippen molar-refractivity contribution >= 4 is 11.2 Å². The van der Waals surface area contributed by atoms with Crippen molar-refractivity contribution in [2.45, 2.75) is 0 Å². The number of nitriles is 1. The summed E-state index contributed by atoms with van der Waals surface area (Å²) in [6.45, 7) is 3.15. The second kappa shape index (κ2) is 4.78. The number of fused-ring (bicyclic) bond motifs is 1. The Labute approximate surface area is 110 Å². The molecular formula is C13H14N4O2. The van der Waals surface area contributed by atoms with Gasteiger partial charge in [-0.3, -0.25) is 0 Å². The van der Waals surface area contributed by atoms with Crippen molar-refractivity contribution in [3.8, 4) is 11.8 Å². The van der Waals surface area contributed by atoms with Crippen LogP contribution in [0.3, 0.4) is 0 Å². The van der Waals surface area contributed by atoms with Gasteiger partial charge in [-0.1, -0.05) is 0 Å². The fourth-order valence-electron chi connectivity index (χ4n) is 2.30. The van der Waals surface area contributed by atoms with Crippen molar-refractivity contribution in [1.82, 2.24) is 9.61 Å². The molecule has 3 heterocycles. The van der Waals surface area contributed by atoms with E-state index < -0.39 is 0 Å². The zero-order valence-electron chi connectivity index (χ0n) is 10.7. The van der Waals surface area contributed by atoms with Crippen molar-refractivity contribution in [1.29, 1.82) is 5.26 Å². The number of hydrogen-bond donors (Lipinski definition) is 0. The van der Waals surface area contributed by atoms with Gasteiger partial charge in [0.1, 0.15) is 22.9 Å². The average molecular weight is 258 g/mol. The molecule has 1 saturated heterocycles. The quantitative estimate of drug-likeness (QED) is 0.805. The van der Waals surface area contributed by atoms with Gasteiger partial charge in [-0.25, -0.2) is 4.52 Å². The predicted molar refractivity (Wildman–Crippen MR) is 69.5 cm³/mol. The van der Waals surface area contributed by atoms with Crippen LogP contribution in [-0.2, 0) is 4.74 Å². The minimum Gasteiger partial charge on any atom is -0.494 e. The first kappa shape index (κ1) is 11.8. The molecule has 19 heavy (non-hydrogen) atoms. The SMILES string of the molecule is COc1cc(N2CCOCC2)cn2ncc(C#N)c12. The van der Waals surface area contributed by atoms with Gasteiger partial charge < -0.3 is 14.4 Å². The van der Waals surface area contributed by atoms with Crippen LogP contribution in [0.5, 0.6) is 5.75 Å². The van der Waals surface area contributed by atoms with E-state index in [1.807, 2.05) is 12.3 Å². The number of pyridine rings is 1. The molecule has 0 spiro atoms. The molecule has 1 aliphatic heterocycles. The normalized spacial score (nSPS) is 15.5. The van der Waals surface area contributed by atoms with E-state index in [1.54, 1.807) is 17.8 Å². The molecular weight excluding hydrogens is 244 g/mol. The number of aromatic nitrogens is 2. The van der Waals surface area contributed by atoms with E-state index in [0.717, 1.165) is 32.0 Å². The number of methoxy groups -OCH3 is 1. The summed E-state index contributed by atoms with van der Waals surface area (Å²) in [7, 11) is 1.60. The molecule has 0 aliphatic carbocycles. The highest BCUT2D eigenvalue weighted by atomic mass is 16.5. The van der Waals surface area contributed by atoms with E-state index in [9.17, 15) is 0 Å². The zero-order chi connectivity index (χ0) is 13.2. The lowest BCUT2D eigenvalue weighted by atomic mass is 10.2. The maximum absolute atomic E-state index is 9.08. The molecule has 0 atom stereocenters. The van der Waals surface area contributed by atoms with Gasteiger partial charge in [0, 0.05) is 19.2 Å². The van der Waals surface area contributed by atoms with Crippen LogP contribution >= 0.6 is 0 Å². The second-order valence-electron chi connectivity index (χ2n) is 4.33. The van der Waals surface area contributed by atoms with Crippen LogP contribution in [0.4, 0.5) is 5.69 Å². The highest BCUT2D eigenvalue weighted by Crippen LogP contribution is 2.28. The Kier molecular flexibility index (Phi) is 2.97. The Bertz CT molecular complexity index is 638. The average Bonchev–Trinajstić information content (AvgIpc) is 2.90. The van der Waals surface area contributed by atoms with E-state index in [-0.39, 0.29) is 0 Å². The van der Waals surface area contributed by atoms with Gasteiger partial charge in [0.2, 0.25) is 0 Å². The Balaban J connectivity index is 2.10. The largest absolute Gasteiger partial charge is 0.494 e. The Morgan fingerprint density at radius 2 is 2.21 bits per heavy atom.